The third kappa shape index (κ3) is 6.62. The summed E-state index contributed by atoms with van der Waals surface area (Å²) in [5.41, 5.74) is 3.10. The summed E-state index contributed by atoms with van der Waals surface area (Å²) in [4.78, 5) is 2.36. The second-order valence-corrected chi connectivity index (χ2v) is 9.49. The van der Waals surface area contributed by atoms with E-state index in [4.69, 9.17) is 4.74 Å². The summed E-state index contributed by atoms with van der Waals surface area (Å²) in [5, 5.41) is 0. The number of anilines is 1. The fourth-order valence-electron chi connectivity index (χ4n) is 3.62. The van der Waals surface area contributed by atoms with E-state index < -0.39 is 10.0 Å². The molecule has 0 spiro atoms. The molecule has 1 unspecified atom stereocenters. The van der Waals surface area contributed by atoms with E-state index in [0.717, 1.165) is 44.5 Å². The standard InChI is InChI=1S/C23H32N2O3S.ClH/c1-3-5-9-17-29(26,27)24-20-12-14-21(15-13-20)28-23-22-11-8-7-10-19(22)18-25(23)16-6-4-2;/h7-8,10-15,23-24H,3-6,9,16-18H2,1-2H3;1H. The number of sulfonamides is 1. The molecule has 0 saturated heterocycles. The molecule has 0 aromatic heterocycles. The maximum atomic E-state index is 12.2. The van der Waals surface area contributed by atoms with Crippen LogP contribution in [0, 0.1) is 0 Å². The molecular formula is C23H33ClN2O3S. The highest BCUT2D eigenvalue weighted by atomic mass is 35.5. The van der Waals surface area contributed by atoms with Crippen molar-refractivity contribution in [2.45, 2.75) is 58.7 Å². The number of benzene rings is 2. The average Bonchev–Trinajstić information content (AvgIpc) is 3.05. The topological polar surface area (TPSA) is 58.6 Å². The van der Waals surface area contributed by atoms with Crippen LogP contribution in [-0.4, -0.2) is 25.6 Å². The molecule has 1 atom stereocenters. The third-order valence-electron chi connectivity index (χ3n) is 5.22. The Morgan fingerprint density at radius 2 is 1.70 bits per heavy atom. The number of rotatable bonds is 11. The normalized spacial score (nSPS) is 16.0. The number of fused-ring (bicyclic) bond motifs is 1. The zero-order valence-corrected chi connectivity index (χ0v) is 19.5. The molecule has 3 rings (SSSR count). The Labute approximate surface area is 187 Å². The first-order valence-electron chi connectivity index (χ1n) is 10.6. The van der Waals surface area contributed by atoms with Crippen molar-refractivity contribution in [1.29, 1.82) is 0 Å². The predicted molar refractivity (Wildman–Crippen MR) is 126 cm³/mol. The van der Waals surface area contributed by atoms with E-state index >= 15 is 0 Å². The van der Waals surface area contributed by atoms with E-state index in [0.29, 0.717) is 12.1 Å². The largest absolute Gasteiger partial charge is 0.471 e. The quantitative estimate of drug-likeness (QED) is 0.442. The van der Waals surface area contributed by atoms with Crippen LogP contribution in [0.15, 0.2) is 48.5 Å². The van der Waals surface area contributed by atoms with Gasteiger partial charge in [0.2, 0.25) is 10.0 Å². The van der Waals surface area contributed by atoms with Gasteiger partial charge in [0.1, 0.15) is 5.75 Å². The lowest BCUT2D eigenvalue weighted by Crippen LogP contribution is -2.27. The van der Waals surface area contributed by atoms with Gasteiger partial charge in [-0.3, -0.25) is 9.62 Å². The summed E-state index contributed by atoms with van der Waals surface area (Å²) in [6, 6.07) is 15.6. The van der Waals surface area contributed by atoms with Gasteiger partial charge in [0.15, 0.2) is 6.23 Å². The molecule has 1 N–H and O–H groups in total. The zero-order valence-electron chi connectivity index (χ0n) is 17.8. The van der Waals surface area contributed by atoms with Gasteiger partial charge in [-0.05, 0) is 42.7 Å². The smallest absolute Gasteiger partial charge is 0.232 e. The molecule has 7 heteroatoms. The van der Waals surface area contributed by atoms with Crippen molar-refractivity contribution >= 4 is 28.1 Å². The first kappa shape index (κ1) is 24.5. The Hall–Kier alpha value is -1.76. The Morgan fingerprint density at radius 1 is 1.00 bits per heavy atom. The number of nitrogens with one attached hydrogen (secondary N) is 1. The van der Waals surface area contributed by atoms with Crippen LogP contribution in [-0.2, 0) is 16.6 Å². The van der Waals surface area contributed by atoms with Crippen molar-refractivity contribution < 1.29 is 13.2 Å². The maximum absolute atomic E-state index is 12.2. The number of hydrogen-bond donors (Lipinski definition) is 1. The van der Waals surface area contributed by atoms with Gasteiger partial charge in [-0.1, -0.05) is 57.4 Å². The van der Waals surface area contributed by atoms with E-state index in [1.54, 1.807) is 12.1 Å². The van der Waals surface area contributed by atoms with Crippen LogP contribution < -0.4 is 9.46 Å². The molecule has 5 nitrogen and oxygen atoms in total. The van der Waals surface area contributed by atoms with E-state index in [-0.39, 0.29) is 24.4 Å². The first-order chi connectivity index (χ1) is 14.0. The zero-order chi connectivity index (χ0) is 20.7. The van der Waals surface area contributed by atoms with Crippen molar-refractivity contribution in [3.8, 4) is 5.75 Å². The van der Waals surface area contributed by atoms with E-state index in [9.17, 15) is 8.42 Å². The highest BCUT2D eigenvalue weighted by molar-refractivity contribution is 7.92. The van der Waals surface area contributed by atoms with E-state index in [2.05, 4.69) is 47.7 Å². The number of halogens is 1. The molecule has 2 aromatic carbocycles. The van der Waals surface area contributed by atoms with E-state index in [1.165, 1.54) is 11.1 Å². The van der Waals surface area contributed by atoms with Crippen LogP contribution in [0.3, 0.4) is 0 Å². The molecule has 0 aliphatic carbocycles. The van der Waals surface area contributed by atoms with Crippen LogP contribution in [0.4, 0.5) is 5.69 Å². The van der Waals surface area contributed by atoms with Gasteiger partial charge >= 0.3 is 0 Å². The Balaban J connectivity index is 0.00000320. The summed E-state index contributed by atoms with van der Waals surface area (Å²) in [6.45, 7) is 6.15. The highest BCUT2D eigenvalue weighted by Crippen LogP contribution is 2.35. The Morgan fingerprint density at radius 3 is 2.40 bits per heavy atom. The van der Waals surface area contributed by atoms with Crippen LogP contribution in [0.1, 0.15) is 63.3 Å². The lowest BCUT2D eigenvalue weighted by atomic mass is 10.1. The minimum atomic E-state index is -3.30. The Bertz CT molecular complexity index is 888. The average molecular weight is 453 g/mol. The van der Waals surface area contributed by atoms with Gasteiger partial charge in [0.25, 0.3) is 0 Å². The van der Waals surface area contributed by atoms with Crippen LogP contribution in [0.5, 0.6) is 5.75 Å². The molecule has 0 amide bonds. The van der Waals surface area contributed by atoms with Crippen LogP contribution >= 0.6 is 12.4 Å². The van der Waals surface area contributed by atoms with Crippen LogP contribution in [0.2, 0.25) is 0 Å². The monoisotopic (exact) mass is 452 g/mol. The predicted octanol–water partition coefficient (Wildman–Crippen LogP) is 5.73. The molecule has 0 bridgehead atoms. The van der Waals surface area contributed by atoms with Crippen molar-refractivity contribution in [3.63, 3.8) is 0 Å². The highest BCUT2D eigenvalue weighted by Gasteiger charge is 2.31. The summed E-state index contributed by atoms with van der Waals surface area (Å²) >= 11 is 0. The van der Waals surface area contributed by atoms with Crippen molar-refractivity contribution in [1.82, 2.24) is 4.90 Å². The van der Waals surface area contributed by atoms with Crippen molar-refractivity contribution in [2.24, 2.45) is 0 Å². The van der Waals surface area contributed by atoms with Crippen molar-refractivity contribution in [3.05, 3.63) is 59.7 Å². The lowest BCUT2D eigenvalue weighted by molar-refractivity contribution is 0.0347. The molecule has 2 aromatic rings. The van der Waals surface area contributed by atoms with Crippen molar-refractivity contribution in [2.75, 3.05) is 17.0 Å². The molecule has 0 fully saturated rings. The molecule has 1 aliphatic rings. The van der Waals surface area contributed by atoms with Gasteiger partial charge < -0.3 is 4.74 Å². The first-order valence-corrected chi connectivity index (χ1v) is 12.3. The third-order valence-corrected chi connectivity index (χ3v) is 6.59. The van der Waals surface area contributed by atoms with Crippen LogP contribution in [0.25, 0.3) is 0 Å². The van der Waals surface area contributed by atoms with Gasteiger partial charge in [-0.15, -0.1) is 12.4 Å². The number of ether oxygens (including phenoxy) is 1. The number of hydrogen-bond acceptors (Lipinski definition) is 4. The minimum absolute atomic E-state index is 0. The minimum Gasteiger partial charge on any atom is -0.471 e. The second-order valence-electron chi connectivity index (χ2n) is 7.65. The van der Waals surface area contributed by atoms with Gasteiger partial charge in [-0.2, -0.15) is 0 Å². The van der Waals surface area contributed by atoms with Gasteiger partial charge in [0.05, 0.1) is 5.75 Å². The second kappa shape index (κ2) is 11.6. The lowest BCUT2D eigenvalue weighted by Gasteiger charge is -2.25. The SMILES string of the molecule is CCCCCS(=O)(=O)Nc1ccc(OC2c3ccccc3CN2CCCC)cc1.Cl. The molecule has 30 heavy (non-hydrogen) atoms. The molecule has 0 saturated carbocycles. The Kier molecular flexibility index (Phi) is 9.46. The molecular weight excluding hydrogens is 420 g/mol. The maximum Gasteiger partial charge on any atom is 0.232 e. The molecule has 166 valence electrons. The summed E-state index contributed by atoms with van der Waals surface area (Å²) < 4.78 is 33.3. The molecule has 0 radical (unpaired) electrons. The molecule has 1 heterocycles. The number of unbranched alkanes of at least 4 members (excludes halogenated alkanes) is 3. The van der Waals surface area contributed by atoms with E-state index in [1.807, 2.05) is 12.1 Å². The summed E-state index contributed by atoms with van der Waals surface area (Å²) in [7, 11) is -3.30. The molecule has 1 aliphatic heterocycles. The van der Waals surface area contributed by atoms with Gasteiger partial charge in [-0.25, -0.2) is 8.42 Å². The fourth-order valence-corrected chi connectivity index (χ4v) is 4.80. The fraction of sp³-hybridized carbons (Fsp3) is 0.478. The summed E-state index contributed by atoms with van der Waals surface area (Å²) in [5.74, 6) is 0.895. The van der Waals surface area contributed by atoms with Gasteiger partial charge in [0, 0.05) is 24.3 Å². The summed E-state index contributed by atoms with van der Waals surface area (Å²) in [6.07, 6.45) is 4.78. The number of nitrogens with zero attached hydrogens (tertiary/aromatic N) is 1.